The molecule has 4 rings (SSSR count). The number of hydrogen-bond acceptors (Lipinski definition) is 6. The van der Waals surface area contributed by atoms with Crippen molar-refractivity contribution >= 4 is 21.8 Å². The van der Waals surface area contributed by atoms with Gasteiger partial charge in [0.15, 0.2) is 0 Å². The van der Waals surface area contributed by atoms with Gasteiger partial charge < -0.3 is 16.0 Å². The number of hydrogen-bond donors (Lipinski definition) is 3. The van der Waals surface area contributed by atoms with Crippen LogP contribution in [-0.2, 0) is 32.6 Å². The molecule has 0 unspecified atom stereocenters. The van der Waals surface area contributed by atoms with Gasteiger partial charge in [0, 0.05) is 36.7 Å². The molecule has 1 aromatic heterocycles. The number of aryl methyl sites for hydroxylation is 1. The molecule has 10 nitrogen and oxygen atoms in total. The minimum atomic E-state index is -4.02. The van der Waals surface area contributed by atoms with E-state index in [9.17, 15) is 18.0 Å². The van der Waals surface area contributed by atoms with Crippen LogP contribution in [0.5, 0.6) is 0 Å². The van der Waals surface area contributed by atoms with Gasteiger partial charge in [-0.25, -0.2) is 8.42 Å². The summed E-state index contributed by atoms with van der Waals surface area (Å²) in [5, 5.41) is 13.6. The Hall–Kier alpha value is -3.18. The highest BCUT2D eigenvalue weighted by Crippen LogP contribution is 2.30. The molecule has 2 aromatic rings. The Balaban J connectivity index is 1.43. The van der Waals surface area contributed by atoms with Crippen LogP contribution in [0.15, 0.2) is 47.8 Å². The van der Waals surface area contributed by atoms with Gasteiger partial charge in [-0.3, -0.25) is 18.6 Å². The van der Waals surface area contributed by atoms with Crippen LogP contribution in [0.2, 0.25) is 0 Å². The van der Waals surface area contributed by atoms with E-state index in [1.54, 1.807) is 12.1 Å². The molecule has 0 fully saturated rings. The van der Waals surface area contributed by atoms with Crippen molar-refractivity contribution in [2.75, 3.05) is 13.1 Å². The minimum Gasteiger partial charge on any atom is -0.349 e. The summed E-state index contributed by atoms with van der Waals surface area (Å²) in [6.07, 6.45) is 6.64. The lowest BCUT2D eigenvalue weighted by Crippen LogP contribution is -2.51. The fourth-order valence-corrected chi connectivity index (χ4v) is 6.26. The highest BCUT2D eigenvalue weighted by Gasteiger charge is 2.37. The lowest BCUT2D eigenvalue weighted by atomic mass is 9.92. The normalized spacial score (nSPS) is 19.7. The standard InChI is InChI=1S/C27H38N6O4S/c1-19-8-10-20(11-9-19)38(36,37)33-15-13-29-26(35)24(33)16-25(34)31-22-6-5-7-23-21(22)17-30-32(23)14-12-28-18-27(2,3)4/h8-11,13,15,17,22,24,28H,5-7,12,14,16,18H2,1-4H3,(H,29,35)(H,31,34)/t22-,24+/m0/s1. The number of sulfonamides is 1. The predicted octanol–water partition coefficient (Wildman–Crippen LogP) is 2.37. The number of carbonyl (C=O) groups is 2. The Morgan fingerprint density at radius 2 is 1.95 bits per heavy atom. The van der Waals surface area contributed by atoms with E-state index in [0.717, 1.165) is 60.0 Å². The smallest absolute Gasteiger partial charge is 0.264 e. The van der Waals surface area contributed by atoms with Crippen molar-refractivity contribution in [1.29, 1.82) is 0 Å². The second kappa shape index (κ2) is 11.3. The largest absolute Gasteiger partial charge is 0.349 e. The molecule has 38 heavy (non-hydrogen) atoms. The molecule has 1 aromatic carbocycles. The molecule has 3 N–H and O–H groups in total. The highest BCUT2D eigenvalue weighted by atomic mass is 32.2. The number of amides is 2. The molecule has 2 amide bonds. The first-order valence-corrected chi connectivity index (χ1v) is 14.5. The number of fused-ring (bicyclic) bond motifs is 1. The topological polar surface area (TPSA) is 125 Å². The third-order valence-electron chi connectivity index (χ3n) is 6.79. The summed E-state index contributed by atoms with van der Waals surface area (Å²) in [7, 11) is -4.02. The van der Waals surface area contributed by atoms with Crippen LogP contribution in [0.4, 0.5) is 0 Å². The zero-order chi connectivity index (χ0) is 27.5. The van der Waals surface area contributed by atoms with Crippen molar-refractivity contribution < 1.29 is 18.0 Å². The second-order valence-corrected chi connectivity index (χ2v) is 13.1. The summed E-state index contributed by atoms with van der Waals surface area (Å²) in [5.74, 6) is -0.930. The van der Waals surface area contributed by atoms with Crippen LogP contribution in [0.1, 0.15) is 62.9 Å². The van der Waals surface area contributed by atoms with E-state index < -0.39 is 22.0 Å². The predicted molar refractivity (Wildman–Crippen MR) is 144 cm³/mol. The quantitative estimate of drug-likeness (QED) is 0.418. The van der Waals surface area contributed by atoms with Gasteiger partial charge in [0.25, 0.3) is 10.0 Å². The number of carbonyl (C=O) groups excluding carboxylic acids is 2. The Morgan fingerprint density at radius 3 is 2.66 bits per heavy atom. The first kappa shape index (κ1) is 27.8. The molecule has 206 valence electrons. The molecule has 2 aliphatic rings. The summed E-state index contributed by atoms with van der Waals surface area (Å²) in [5.41, 5.74) is 3.22. The average molecular weight is 543 g/mol. The molecule has 11 heteroatoms. The van der Waals surface area contributed by atoms with E-state index in [4.69, 9.17) is 0 Å². The van der Waals surface area contributed by atoms with Crippen LogP contribution in [-0.4, -0.2) is 53.4 Å². The van der Waals surface area contributed by atoms with E-state index in [1.165, 1.54) is 24.5 Å². The average Bonchev–Trinajstić information content (AvgIpc) is 3.27. The summed E-state index contributed by atoms with van der Waals surface area (Å²) >= 11 is 0. The molecule has 0 saturated carbocycles. The first-order chi connectivity index (χ1) is 18.0. The van der Waals surface area contributed by atoms with Crippen LogP contribution in [0.3, 0.4) is 0 Å². The fourth-order valence-electron chi connectivity index (χ4n) is 4.81. The summed E-state index contributed by atoms with van der Waals surface area (Å²) in [6, 6.07) is 4.98. The van der Waals surface area contributed by atoms with Crippen LogP contribution < -0.4 is 16.0 Å². The number of nitrogens with one attached hydrogen (secondary N) is 3. The highest BCUT2D eigenvalue weighted by molar-refractivity contribution is 7.89. The van der Waals surface area contributed by atoms with Crippen LogP contribution in [0.25, 0.3) is 0 Å². The molecular formula is C27H38N6O4S. The Labute approximate surface area is 224 Å². The minimum absolute atomic E-state index is 0.0641. The fraction of sp³-hybridized carbons (Fsp3) is 0.519. The third kappa shape index (κ3) is 6.44. The molecule has 0 saturated heterocycles. The third-order valence-corrected chi connectivity index (χ3v) is 8.58. The number of nitrogens with zero attached hydrogens (tertiary/aromatic N) is 3. The first-order valence-electron chi connectivity index (χ1n) is 13.1. The van der Waals surface area contributed by atoms with Crippen molar-refractivity contribution in [3.8, 4) is 0 Å². The molecule has 1 aliphatic carbocycles. The Morgan fingerprint density at radius 1 is 1.21 bits per heavy atom. The summed E-state index contributed by atoms with van der Waals surface area (Å²) in [4.78, 5) is 25.9. The van der Waals surface area contributed by atoms with E-state index >= 15 is 0 Å². The monoisotopic (exact) mass is 542 g/mol. The van der Waals surface area contributed by atoms with Crippen molar-refractivity contribution in [2.45, 2.75) is 76.9 Å². The molecule has 2 atom stereocenters. The molecule has 0 spiro atoms. The van der Waals surface area contributed by atoms with Gasteiger partial charge in [-0.05, 0) is 43.7 Å². The molecule has 2 heterocycles. The van der Waals surface area contributed by atoms with Gasteiger partial charge in [-0.2, -0.15) is 5.10 Å². The lowest BCUT2D eigenvalue weighted by molar-refractivity contribution is -0.129. The zero-order valence-electron chi connectivity index (χ0n) is 22.5. The van der Waals surface area contributed by atoms with Gasteiger partial charge in [0.05, 0.1) is 30.1 Å². The van der Waals surface area contributed by atoms with Crippen molar-refractivity contribution in [1.82, 2.24) is 30.0 Å². The van der Waals surface area contributed by atoms with E-state index in [2.05, 4.69) is 41.8 Å². The van der Waals surface area contributed by atoms with Crippen LogP contribution >= 0.6 is 0 Å². The maximum Gasteiger partial charge on any atom is 0.264 e. The molecular weight excluding hydrogens is 504 g/mol. The maximum atomic E-state index is 13.3. The van der Waals surface area contributed by atoms with Crippen LogP contribution in [0, 0.1) is 12.3 Å². The van der Waals surface area contributed by atoms with E-state index in [-0.39, 0.29) is 28.7 Å². The number of rotatable bonds is 9. The van der Waals surface area contributed by atoms with E-state index in [0.29, 0.717) is 0 Å². The number of benzene rings is 1. The summed E-state index contributed by atoms with van der Waals surface area (Å²) in [6.45, 7) is 10.9. The summed E-state index contributed by atoms with van der Waals surface area (Å²) < 4.78 is 29.6. The van der Waals surface area contributed by atoms with Gasteiger partial charge >= 0.3 is 0 Å². The zero-order valence-corrected chi connectivity index (χ0v) is 23.3. The maximum absolute atomic E-state index is 13.3. The number of aromatic nitrogens is 2. The lowest BCUT2D eigenvalue weighted by Gasteiger charge is -2.32. The van der Waals surface area contributed by atoms with Gasteiger partial charge in [-0.15, -0.1) is 0 Å². The van der Waals surface area contributed by atoms with Gasteiger partial charge in [0.1, 0.15) is 6.04 Å². The second-order valence-electron chi connectivity index (χ2n) is 11.2. The van der Waals surface area contributed by atoms with E-state index in [1.807, 2.05) is 17.8 Å². The van der Waals surface area contributed by atoms with Crippen molar-refractivity contribution in [3.63, 3.8) is 0 Å². The molecule has 0 radical (unpaired) electrons. The Kier molecular flexibility index (Phi) is 8.27. The van der Waals surface area contributed by atoms with Crippen molar-refractivity contribution in [3.05, 3.63) is 59.7 Å². The molecule has 0 bridgehead atoms. The van der Waals surface area contributed by atoms with Gasteiger partial charge in [0.2, 0.25) is 11.8 Å². The van der Waals surface area contributed by atoms with Gasteiger partial charge in [-0.1, -0.05) is 38.5 Å². The SMILES string of the molecule is Cc1ccc(S(=O)(=O)N2C=CNC(=O)[C@H]2CC(=O)N[C@H]2CCCc3c2cnn3CCNCC(C)(C)C)cc1. The van der Waals surface area contributed by atoms with Crippen molar-refractivity contribution in [2.24, 2.45) is 5.41 Å². The molecule has 1 aliphatic heterocycles. The Bertz CT molecular complexity index is 1290.